The Morgan fingerprint density at radius 1 is 1.08 bits per heavy atom. The normalized spacial score (nSPS) is 11.4. The first-order valence-corrected chi connectivity index (χ1v) is 7.81. The number of alkyl halides is 2. The average Bonchev–Trinajstić information content (AvgIpc) is 2.59. The van der Waals surface area contributed by atoms with E-state index >= 15 is 0 Å². The highest BCUT2D eigenvalue weighted by Crippen LogP contribution is 2.33. The largest absolute Gasteiger partial charge is 0.493 e. The first-order chi connectivity index (χ1) is 12.1. The van der Waals surface area contributed by atoms with Gasteiger partial charge in [-0.25, -0.2) is 4.98 Å². The van der Waals surface area contributed by atoms with Crippen molar-refractivity contribution in [1.29, 1.82) is 0 Å². The van der Waals surface area contributed by atoms with Gasteiger partial charge in [0.05, 0.1) is 18.3 Å². The van der Waals surface area contributed by atoms with Crippen molar-refractivity contribution in [1.82, 2.24) is 4.98 Å². The molecule has 1 heterocycles. The van der Waals surface area contributed by atoms with Gasteiger partial charge in [0.1, 0.15) is 0 Å². The van der Waals surface area contributed by atoms with Gasteiger partial charge in [-0.1, -0.05) is 35.9 Å². The van der Waals surface area contributed by atoms with Crippen LogP contribution in [0.25, 0.3) is 23.1 Å². The second kappa shape index (κ2) is 7.49. The number of rotatable bonds is 5. The van der Waals surface area contributed by atoms with Gasteiger partial charge in [0.2, 0.25) is 0 Å². The number of aromatic nitrogens is 1. The van der Waals surface area contributed by atoms with Crippen molar-refractivity contribution in [2.24, 2.45) is 0 Å². The van der Waals surface area contributed by atoms with Crippen LogP contribution in [0.15, 0.2) is 48.5 Å². The molecule has 6 heteroatoms. The van der Waals surface area contributed by atoms with Crippen LogP contribution in [0.2, 0.25) is 5.02 Å². The summed E-state index contributed by atoms with van der Waals surface area (Å²) in [6.45, 7) is -2.94. The van der Waals surface area contributed by atoms with Crippen molar-refractivity contribution >= 4 is 34.7 Å². The highest BCUT2D eigenvalue weighted by Gasteiger charge is 2.13. The van der Waals surface area contributed by atoms with Gasteiger partial charge in [-0.3, -0.25) is 0 Å². The molecule has 3 rings (SSSR count). The number of ether oxygens (including phenoxy) is 2. The van der Waals surface area contributed by atoms with E-state index in [1.54, 1.807) is 42.5 Å². The average molecular weight is 362 g/mol. The minimum atomic E-state index is -2.94. The van der Waals surface area contributed by atoms with Crippen LogP contribution in [0, 0.1) is 0 Å². The molecule has 0 aliphatic heterocycles. The molecular formula is C19H14ClF2NO2. The van der Waals surface area contributed by atoms with Crippen molar-refractivity contribution in [2.75, 3.05) is 7.11 Å². The Kier molecular flexibility index (Phi) is 5.14. The van der Waals surface area contributed by atoms with Crippen molar-refractivity contribution in [2.45, 2.75) is 6.61 Å². The third-order valence-corrected chi connectivity index (χ3v) is 3.78. The summed E-state index contributed by atoms with van der Waals surface area (Å²) in [7, 11) is 1.40. The second-order valence-corrected chi connectivity index (χ2v) is 5.60. The molecule has 0 radical (unpaired) electrons. The van der Waals surface area contributed by atoms with Gasteiger partial charge in [0, 0.05) is 16.0 Å². The van der Waals surface area contributed by atoms with Gasteiger partial charge in [0.25, 0.3) is 0 Å². The van der Waals surface area contributed by atoms with E-state index in [0.717, 1.165) is 10.9 Å². The molecule has 0 unspecified atom stereocenters. The summed E-state index contributed by atoms with van der Waals surface area (Å²) in [5, 5.41) is 1.56. The second-order valence-electron chi connectivity index (χ2n) is 5.16. The highest BCUT2D eigenvalue weighted by molar-refractivity contribution is 6.31. The summed E-state index contributed by atoms with van der Waals surface area (Å²) in [5.41, 5.74) is 1.89. The maximum absolute atomic E-state index is 12.7. The molecule has 0 amide bonds. The minimum absolute atomic E-state index is 0.0138. The minimum Gasteiger partial charge on any atom is -0.493 e. The molecule has 3 nitrogen and oxygen atoms in total. The molecule has 2 aromatic carbocycles. The molecule has 0 saturated carbocycles. The van der Waals surface area contributed by atoms with E-state index in [4.69, 9.17) is 16.3 Å². The molecule has 25 heavy (non-hydrogen) atoms. The maximum atomic E-state index is 12.7. The Morgan fingerprint density at radius 2 is 1.88 bits per heavy atom. The number of halogens is 3. The van der Waals surface area contributed by atoms with E-state index in [1.165, 1.54) is 7.11 Å². The van der Waals surface area contributed by atoms with Crippen LogP contribution in [0.5, 0.6) is 11.5 Å². The number of para-hydroxylation sites is 1. The zero-order valence-electron chi connectivity index (χ0n) is 13.2. The smallest absolute Gasteiger partial charge is 0.387 e. The van der Waals surface area contributed by atoms with Crippen molar-refractivity contribution in [3.05, 3.63) is 64.8 Å². The Hall–Kier alpha value is -2.66. The third-order valence-electron chi connectivity index (χ3n) is 3.55. The summed E-state index contributed by atoms with van der Waals surface area (Å²) >= 11 is 5.99. The lowest BCUT2D eigenvalue weighted by Crippen LogP contribution is -2.04. The Balaban J connectivity index is 1.96. The van der Waals surface area contributed by atoms with Crippen LogP contribution in [0.1, 0.15) is 11.3 Å². The van der Waals surface area contributed by atoms with Gasteiger partial charge >= 0.3 is 6.61 Å². The number of hydrogen-bond acceptors (Lipinski definition) is 3. The summed E-state index contributed by atoms with van der Waals surface area (Å²) < 4.78 is 35.0. The molecule has 0 aliphatic carbocycles. The van der Waals surface area contributed by atoms with Crippen LogP contribution < -0.4 is 9.47 Å². The molecule has 0 atom stereocenters. The SMILES string of the molecule is COc1cccc(/C=C/c2ccc3ccc(Cl)cc3n2)c1OC(F)F. The van der Waals surface area contributed by atoms with E-state index in [2.05, 4.69) is 9.72 Å². The standard InChI is InChI=1S/C19H14ClF2NO2/c1-24-17-4-2-3-13(18(17)25-19(21)22)7-10-15-9-6-12-5-8-14(20)11-16(12)23-15/h2-11,19H,1H3/b10-7+. The Bertz CT molecular complexity index is 928. The van der Waals surface area contributed by atoms with Gasteiger partial charge < -0.3 is 9.47 Å². The number of fused-ring (bicyclic) bond motifs is 1. The molecule has 0 fully saturated rings. The van der Waals surface area contributed by atoms with Gasteiger partial charge in [-0.15, -0.1) is 0 Å². The summed E-state index contributed by atoms with van der Waals surface area (Å²) in [4.78, 5) is 4.49. The lowest BCUT2D eigenvalue weighted by molar-refractivity contribution is -0.0513. The van der Waals surface area contributed by atoms with Gasteiger partial charge in [0.15, 0.2) is 11.5 Å². The Morgan fingerprint density at radius 3 is 2.64 bits per heavy atom. The van der Waals surface area contributed by atoms with Crippen LogP contribution in [0.3, 0.4) is 0 Å². The van der Waals surface area contributed by atoms with Crippen LogP contribution in [0.4, 0.5) is 8.78 Å². The topological polar surface area (TPSA) is 31.4 Å². The third kappa shape index (κ3) is 4.06. The summed E-state index contributed by atoms with van der Waals surface area (Å²) in [6, 6.07) is 14.1. The van der Waals surface area contributed by atoms with Gasteiger partial charge in [-0.05, 0) is 36.4 Å². The highest BCUT2D eigenvalue weighted by atomic mass is 35.5. The zero-order valence-corrected chi connectivity index (χ0v) is 14.0. The molecular weight excluding hydrogens is 348 g/mol. The van der Waals surface area contributed by atoms with Gasteiger partial charge in [-0.2, -0.15) is 8.78 Å². The number of methoxy groups -OCH3 is 1. The number of hydrogen-bond donors (Lipinski definition) is 0. The summed E-state index contributed by atoms with van der Waals surface area (Å²) in [5.74, 6) is 0.223. The predicted octanol–water partition coefficient (Wildman–Crippen LogP) is 5.67. The Labute approximate surface area is 148 Å². The van der Waals surface area contributed by atoms with Crippen LogP contribution >= 0.6 is 11.6 Å². The maximum Gasteiger partial charge on any atom is 0.387 e. The van der Waals surface area contributed by atoms with E-state index < -0.39 is 6.61 Å². The molecule has 1 aromatic heterocycles. The van der Waals surface area contributed by atoms with Crippen molar-refractivity contribution < 1.29 is 18.3 Å². The molecule has 0 aliphatic rings. The molecule has 3 aromatic rings. The molecule has 0 N–H and O–H groups in total. The fourth-order valence-electron chi connectivity index (χ4n) is 2.41. The zero-order chi connectivity index (χ0) is 17.8. The quantitative estimate of drug-likeness (QED) is 0.586. The van der Waals surface area contributed by atoms with Crippen LogP contribution in [-0.2, 0) is 0 Å². The van der Waals surface area contributed by atoms with E-state index in [0.29, 0.717) is 16.3 Å². The van der Waals surface area contributed by atoms with Crippen molar-refractivity contribution in [3.8, 4) is 11.5 Å². The first-order valence-electron chi connectivity index (χ1n) is 7.43. The number of nitrogens with zero attached hydrogens (tertiary/aromatic N) is 1. The van der Waals surface area contributed by atoms with E-state index in [-0.39, 0.29) is 11.5 Å². The fourth-order valence-corrected chi connectivity index (χ4v) is 2.58. The monoisotopic (exact) mass is 361 g/mol. The molecule has 0 spiro atoms. The molecule has 128 valence electrons. The molecule has 0 bridgehead atoms. The summed E-state index contributed by atoms with van der Waals surface area (Å²) in [6.07, 6.45) is 3.37. The van der Waals surface area contributed by atoms with E-state index in [9.17, 15) is 8.78 Å². The number of benzene rings is 2. The first kappa shape index (κ1) is 17.2. The lowest BCUT2D eigenvalue weighted by Gasteiger charge is -2.12. The lowest BCUT2D eigenvalue weighted by atomic mass is 10.1. The fraction of sp³-hybridized carbons (Fsp3) is 0.105. The van der Waals surface area contributed by atoms with E-state index in [1.807, 2.05) is 18.2 Å². The predicted molar refractivity (Wildman–Crippen MR) is 95.3 cm³/mol. The van der Waals surface area contributed by atoms with Crippen LogP contribution in [-0.4, -0.2) is 18.7 Å². The number of pyridine rings is 1. The van der Waals surface area contributed by atoms with Crippen molar-refractivity contribution in [3.63, 3.8) is 0 Å². The molecule has 0 saturated heterocycles.